The van der Waals surface area contributed by atoms with Crippen molar-refractivity contribution in [1.29, 1.82) is 0 Å². The second-order valence-corrected chi connectivity index (χ2v) is 7.32. The number of hydrogen-bond donors (Lipinski definition) is 1. The van der Waals surface area contributed by atoms with Gasteiger partial charge in [0.2, 0.25) is 0 Å². The Morgan fingerprint density at radius 3 is 2.14 bits per heavy atom. The van der Waals surface area contributed by atoms with Gasteiger partial charge in [-0.25, -0.2) is 0 Å². The topological polar surface area (TPSA) is 64.6 Å². The minimum Gasteiger partial charge on any atom is -0.465 e. The standard InChI is InChI=1S/C22H27NO4S/c1-3-26-22(25)20(16-28-15-19-12-8-5-9-13-19)23-17(2)21(24)27-14-18-10-6-4-7-11-18/h4-13,17,20,23H,3,14-16H2,1-2H3/t17-,20+/m1/s1. The second kappa shape index (κ2) is 12.2. The first kappa shape index (κ1) is 22.0. The van der Waals surface area contributed by atoms with Gasteiger partial charge in [0.05, 0.1) is 6.61 Å². The molecule has 1 N–H and O–H groups in total. The molecule has 0 aliphatic heterocycles. The van der Waals surface area contributed by atoms with Gasteiger partial charge in [-0.15, -0.1) is 0 Å². The third-order valence-corrected chi connectivity index (χ3v) is 5.10. The van der Waals surface area contributed by atoms with E-state index in [1.54, 1.807) is 25.6 Å². The molecule has 2 atom stereocenters. The summed E-state index contributed by atoms with van der Waals surface area (Å²) in [5.41, 5.74) is 2.11. The first-order valence-electron chi connectivity index (χ1n) is 9.35. The first-order chi connectivity index (χ1) is 13.6. The highest BCUT2D eigenvalue weighted by Gasteiger charge is 2.25. The number of carbonyl (C=O) groups is 2. The normalized spacial score (nSPS) is 12.8. The van der Waals surface area contributed by atoms with E-state index in [4.69, 9.17) is 9.47 Å². The molecule has 5 nitrogen and oxygen atoms in total. The summed E-state index contributed by atoms with van der Waals surface area (Å²) in [6.45, 7) is 3.97. The van der Waals surface area contributed by atoms with Crippen LogP contribution in [0, 0.1) is 0 Å². The number of rotatable bonds is 11. The van der Waals surface area contributed by atoms with Gasteiger partial charge in [0, 0.05) is 11.5 Å². The minimum atomic E-state index is -0.615. The number of nitrogens with one attached hydrogen (secondary N) is 1. The molecule has 0 aromatic heterocycles. The number of benzene rings is 2. The lowest BCUT2D eigenvalue weighted by molar-refractivity contribution is -0.149. The van der Waals surface area contributed by atoms with Crippen LogP contribution in [0.2, 0.25) is 0 Å². The maximum atomic E-state index is 12.3. The number of esters is 2. The molecule has 2 aromatic carbocycles. The van der Waals surface area contributed by atoms with E-state index in [0.717, 1.165) is 11.3 Å². The summed E-state index contributed by atoms with van der Waals surface area (Å²) in [4.78, 5) is 24.6. The Hall–Kier alpha value is -2.31. The Kier molecular flexibility index (Phi) is 9.59. The first-order valence-corrected chi connectivity index (χ1v) is 10.5. The van der Waals surface area contributed by atoms with Gasteiger partial charge in [-0.2, -0.15) is 11.8 Å². The number of hydrogen-bond acceptors (Lipinski definition) is 6. The molecule has 150 valence electrons. The van der Waals surface area contributed by atoms with E-state index in [1.165, 1.54) is 5.56 Å². The van der Waals surface area contributed by atoms with E-state index in [0.29, 0.717) is 12.4 Å². The SMILES string of the molecule is CCOC(=O)[C@H](CSCc1ccccc1)N[C@H](C)C(=O)OCc1ccccc1. The van der Waals surface area contributed by atoms with Crippen molar-refractivity contribution in [2.75, 3.05) is 12.4 Å². The van der Waals surface area contributed by atoms with Crippen LogP contribution in [0.4, 0.5) is 0 Å². The van der Waals surface area contributed by atoms with Gasteiger partial charge in [-0.3, -0.25) is 14.9 Å². The van der Waals surface area contributed by atoms with Gasteiger partial charge < -0.3 is 9.47 Å². The predicted molar refractivity (Wildman–Crippen MR) is 112 cm³/mol. The Morgan fingerprint density at radius 1 is 0.929 bits per heavy atom. The van der Waals surface area contributed by atoms with Crippen LogP contribution in [0.25, 0.3) is 0 Å². The van der Waals surface area contributed by atoms with Crippen LogP contribution in [-0.4, -0.2) is 36.4 Å². The molecule has 0 amide bonds. The highest BCUT2D eigenvalue weighted by molar-refractivity contribution is 7.98. The Balaban J connectivity index is 1.85. The Morgan fingerprint density at radius 2 is 1.54 bits per heavy atom. The molecule has 0 heterocycles. The molecule has 0 unspecified atom stereocenters. The largest absolute Gasteiger partial charge is 0.465 e. The lowest BCUT2D eigenvalue weighted by atomic mass is 10.2. The molecule has 0 aliphatic rings. The molecule has 28 heavy (non-hydrogen) atoms. The summed E-state index contributed by atoms with van der Waals surface area (Å²) in [5.74, 6) is 0.534. The molecule has 0 spiro atoms. The zero-order chi connectivity index (χ0) is 20.2. The van der Waals surface area contributed by atoms with Crippen molar-refractivity contribution < 1.29 is 19.1 Å². The monoisotopic (exact) mass is 401 g/mol. The Labute approximate surface area is 170 Å². The van der Waals surface area contributed by atoms with Gasteiger partial charge in [-0.05, 0) is 25.0 Å². The average molecular weight is 402 g/mol. The van der Waals surface area contributed by atoms with Crippen LogP contribution < -0.4 is 5.32 Å². The third kappa shape index (κ3) is 7.74. The molecule has 0 bridgehead atoms. The summed E-state index contributed by atoms with van der Waals surface area (Å²) >= 11 is 1.62. The predicted octanol–water partition coefficient (Wildman–Crippen LogP) is 3.57. The number of thioether (sulfide) groups is 1. The summed E-state index contributed by atoms with van der Waals surface area (Å²) in [6, 6.07) is 18.3. The van der Waals surface area contributed by atoms with Crippen molar-refractivity contribution in [2.24, 2.45) is 0 Å². The smallest absolute Gasteiger partial charge is 0.324 e. The fourth-order valence-corrected chi connectivity index (χ4v) is 3.53. The Bertz CT molecular complexity index is 724. The second-order valence-electron chi connectivity index (χ2n) is 6.29. The number of ether oxygens (including phenoxy) is 2. The number of carbonyl (C=O) groups excluding carboxylic acids is 2. The minimum absolute atomic E-state index is 0.207. The van der Waals surface area contributed by atoms with Gasteiger partial charge in [0.1, 0.15) is 18.7 Å². The highest BCUT2D eigenvalue weighted by atomic mass is 32.2. The molecular formula is C22H27NO4S. The molecule has 6 heteroatoms. The fourth-order valence-electron chi connectivity index (χ4n) is 2.52. The van der Waals surface area contributed by atoms with E-state index < -0.39 is 18.1 Å². The maximum absolute atomic E-state index is 12.3. The van der Waals surface area contributed by atoms with Crippen LogP contribution in [0.5, 0.6) is 0 Å². The van der Waals surface area contributed by atoms with Crippen LogP contribution in [0.3, 0.4) is 0 Å². The van der Waals surface area contributed by atoms with E-state index in [9.17, 15) is 9.59 Å². The molecule has 2 rings (SSSR count). The van der Waals surface area contributed by atoms with Crippen molar-refractivity contribution in [3.63, 3.8) is 0 Å². The molecular weight excluding hydrogens is 374 g/mol. The molecule has 0 aliphatic carbocycles. The maximum Gasteiger partial charge on any atom is 0.324 e. The van der Waals surface area contributed by atoms with Crippen LogP contribution >= 0.6 is 11.8 Å². The quantitative estimate of drug-likeness (QED) is 0.581. The highest BCUT2D eigenvalue weighted by Crippen LogP contribution is 2.14. The molecule has 0 saturated heterocycles. The zero-order valence-corrected chi connectivity index (χ0v) is 17.1. The van der Waals surface area contributed by atoms with Crippen LogP contribution in [0.1, 0.15) is 25.0 Å². The van der Waals surface area contributed by atoms with E-state index in [1.807, 2.05) is 60.7 Å². The molecule has 0 saturated carbocycles. The van der Waals surface area contributed by atoms with Crippen LogP contribution in [-0.2, 0) is 31.4 Å². The summed E-state index contributed by atoms with van der Waals surface area (Å²) in [6.07, 6.45) is 0. The zero-order valence-electron chi connectivity index (χ0n) is 16.3. The summed E-state index contributed by atoms with van der Waals surface area (Å²) < 4.78 is 10.5. The van der Waals surface area contributed by atoms with Crippen molar-refractivity contribution >= 4 is 23.7 Å². The van der Waals surface area contributed by atoms with Crippen LogP contribution in [0.15, 0.2) is 60.7 Å². The van der Waals surface area contributed by atoms with Crippen molar-refractivity contribution in [1.82, 2.24) is 5.32 Å². The fraction of sp³-hybridized carbons (Fsp3) is 0.364. The van der Waals surface area contributed by atoms with Crippen molar-refractivity contribution in [2.45, 2.75) is 38.3 Å². The third-order valence-electron chi connectivity index (χ3n) is 4.00. The van der Waals surface area contributed by atoms with Gasteiger partial charge in [-0.1, -0.05) is 60.7 Å². The van der Waals surface area contributed by atoms with E-state index in [2.05, 4.69) is 5.32 Å². The van der Waals surface area contributed by atoms with Gasteiger partial charge in [0.25, 0.3) is 0 Å². The van der Waals surface area contributed by atoms with Crippen molar-refractivity contribution in [3.8, 4) is 0 Å². The summed E-state index contributed by atoms with van der Waals surface area (Å²) in [7, 11) is 0. The molecule has 2 aromatic rings. The van der Waals surface area contributed by atoms with Gasteiger partial charge >= 0.3 is 11.9 Å². The molecule has 0 radical (unpaired) electrons. The lowest BCUT2D eigenvalue weighted by Gasteiger charge is -2.21. The molecule has 0 fully saturated rings. The van der Waals surface area contributed by atoms with E-state index in [-0.39, 0.29) is 12.6 Å². The summed E-state index contributed by atoms with van der Waals surface area (Å²) in [5, 5.41) is 3.05. The van der Waals surface area contributed by atoms with Gasteiger partial charge in [0.15, 0.2) is 0 Å². The average Bonchev–Trinajstić information content (AvgIpc) is 2.72. The lowest BCUT2D eigenvalue weighted by Crippen LogP contribution is -2.48. The van der Waals surface area contributed by atoms with Crippen molar-refractivity contribution in [3.05, 3.63) is 71.8 Å². The van der Waals surface area contributed by atoms with E-state index >= 15 is 0 Å².